The van der Waals surface area contributed by atoms with Crippen molar-refractivity contribution in [1.82, 2.24) is 10.2 Å². The Kier molecular flexibility index (Phi) is 15.4. The lowest BCUT2D eigenvalue weighted by Crippen LogP contribution is -2.31. The van der Waals surface area contributed by atoms with Crippen LogP contribution in [0.1, 0.15) is 31.9 Å². The molecule has 170 valence electrons. The van der Waals surface area contributed by atoms with E-state index in [-0.39, 0.29) is 24.8 Å². The summed E-state index contributed by atoms with van der Waals surface area (Å²) >= 11 is 12.3. The Labute approximate surface area is 203 Å². The molecule has 0 aliphatic rings. The molecule has 0 aliphatic carbocycles. The first-order chi connectivity index (χ1) is 13.6. The van der Waals surface area contributed by atoms with Gasteiger partial charge in [-0.2, -0.15) is 0 Å². The number of para-hydroxylation sites is 1. The predicted octanol–water partition coefficient (Wildman–Crippen LogP) is 6.25. The van der Waals surface area contributed by atoms with Gasteiger partial charge in [0.15, 0.2) is 11.5 Å². The summed E-state index contributed by atoms with van der Waals surface area (Å²) in [4.78, 5) is 2.39. The van der Waals surface area contributed by atoms with Crippen LogP contribution < -0.4 is 14.8 Å². The van der Waals surface area contributed by atoms with Crippen LogP contribution in [0.5, 0.6) is 11.5 Å². The maximum atomic E-state index is 6.28. The molecular formula is C22H32Cl4N2O2. The zero-order valence-electron chi connectivity index (χ0n) is 17.7. The van der Waals surface area contributed by atoms with E-state index in [1.807, 2.05) is 31.2 Å². The topological polar surface area (TPSA) is 33.7 Å². The molecule has 4 nitrogen and oxygen atoms in total. The number of hydrogen-bond acceptors (Lipinski definition) is 4. The summed E-state index contributed by atoms with van der Waals surface area (Å²) in [6, 6.07) is 11.4. The van der Waals surface area contributed by atoms with Crippen LogP contribution in [0.25, 0.3) is 0 Å². The van der Waals surface area contributed by atoms with E-state index in [0.717, 1.165) is 48.8 Å². The van der Waals surface area contributed by atoms with Gasteiger partial charge in [-0.3, -0.25) is 0 Å². The fourth-order valence-corrected chi connectivity index (χ4v) is 3.39. The van der Waals surface area contributed by atoms with Gasteiger partial charge in [0, 0.05) is 40.8 Å². The lowest BCUT2D eigenvalue weighted by atomic mass is 10.1. The molecule has 0 saturated heterocycles. The highest BCUT2D eigenvalue weighted by Crippen LogP contribution is 2.33. The zero-order chi connectivity index (χ0) is 20.4. The molecule has 0 unspecified atom stereocenters. The molecule has 0 heterocycles. The second-order valence-corrected chi connectivity index (χ2v) is 7.25. The Morgan fingerprint density at radius 2 is 1.67 bits per heavy atom. The SMILES string of the molecule is CCOc1cccc(CNCCN(CC)CC)c1OCc1ccc(Cl)cc1Cl.Cl.Cl. The molecule has 0 aromatic heterocycles. The minimum Gasteiger partial charge on any atom is -0.490 e. The fraction of sp³-hybridized carbons (Fsp3) is 0.455. The molecular weight excluding hydrogens is 466 g/mol. The second kappa shape index (κ2) is 15.9. The van der Waals surface area contributed by atoms with Gasteiger partial charge in [0.2, 0.25) is 0 Å². The predicted molar refractivity (Wildman–Crippen MR) is 132 cm³/mol. The summed E-state index contributed by atoms with van der Waals surface area (Å²) in [6.07, 6.45) is 0. The number of benzene rings is 2. The van der Waals surface area contributed by atoms with E-state index >= 15 is 0 Å². The molecule has 2 aromatic rings. The molecule has 0 bridgehead atoms. The van der Waals surface area contributed by atoms with Crippen LogP contribution in [-0.4, -0.2) is 37.7 Å². The van der Waals surface area contributed by atoms with Crippen molar-refractivity contribution in [2.75, 3.05) is 32.8 Å². The third kappa shape index (κ3) is 9.09. The van der Waals surface area contributed by atoms with E-state index in [4.69, 9.17) is 32.7 Å². The number of rotatable bonds is 12. The van der Waals surface area contributed by atoms with E-state index in [2.05, 4.69) is 30.1 Å². The van der Waals surface area contributed by atoms with E-state index in [1.165, 1.54) is 0 Å². The summed E-state index contributed by atoms with van der Waals surface area (Å²) in [5.41, 5.74) is 1.95. The van der Waals surface area contributed by atoms with Crippen molar-refractivity contribution in [1.29, 1.82) is 0 Å². The van der Waals surface area contributed by atoms with Crippen LogP contribution in [0.4, 0.5) is 0 Å². The van der Waals surface area contributed by atoms with Crippen molar-refractivity contribution < 1.29 is 9.47 Å². The molecule has 0 spiro atoms. The third-order valence-corrected chi connectivity index (χ3v) is 5.15. The van der Waals surface area contributed by atoms with Gasteiger partial charge in [-0.05, 0) is 38.2 Å². The van der Waals surface area contributed by atoms with Gasteiger partial charge < -0.3 is 19.7 Å². The van der Waals surface area contributed by atoms with Crippen molar-refractivity contribution in [3.63, 3.8) is 0 Å². The Morgan fingerprint density at radius 3 is 2.30 bits per heavy atom. The van der Waals surface area contributed by atoms with Crippen LogP contribution in [0.3, 0.4) is 0 Å². The van der Waals surface area contributed by atoms with Crippen LogP contribution >= 0.6 is 48.0 Å². The normalized spacial score (nSPS) is 10.3. The number of halogens is 4. The maximum Gasteiger partial charge on any atom is 0.166 e. The first kappa shape index (κ1) is 29.1. The van der Waals surface area contributed by atoms with Gasteiger partial charge in [-0.1, -0.05) is 55.2 Å². The molecule has 30 heavy (non-hydrogen) atoms. The number of nitrogens with zero attached hydrogens (tertiary/aromatic N) is 1. The van der Waals surface area contributed by atoms with Crippen LogP contribution in [-0.2, 0) is 13.2 Å². The monoisotopic (exact) mass is 496 g/mol. The molecule has 2 rings (SSSR count). The van der Waals surface area contributed by atoms with Gasteiger partial charge in [-0.15, -0.1) is 24.8 Å². The van der Waals surface area contributed by atoms with Crippen molar-refractivity contribution in [3.8, 4) is 11.5 Å². The summed E-state index contributed by atoms with van der Waals surface area (Å²) in [6.45, 7) is 12.1. The first-order valence-corrected chi connectivity index (χ1v) is 10.6. The van der Waals surface area contributed by atoms with Crippen LogP contribution in [0.15, 0.2) is 36.4 Å². The molecule has 0 amide bonds. The van der Waals surface area contributed by atoms with E-state index in [0.29, 0.717) is 29.8 Å². The van der Waals surface area contributed by atoms with Crippen LogP contribution in [0, 0.1) is 0 Å². The molecule has 8 heteroatoms. The minimum atomic E-state index is 0. The molecule has 1 N–H and O–H groups in total. The zero-order valence-corrected chi connectivity index (χ0v) is 20.9. The van der Waals surface area contributed by atoms with E-state index in [1.54, 1.807) is 6.07 Å². The molecule has 0 fully saturated rings. The Balaban J connectivity index is 0.00000420. The second-order valence-electron chi connectivity index (χ2n) is 6.41. The van der Waals surface area contributed by atoms with Gasteiger partial charge in [0.05, 0.1) is 6.61 Å². The highest BCUT2D eigenvalue weighted by molar-refractivity contribution is 6.35. The number of likely N-dealkylation sites (N-methyl/N-ethyl adjacent to an activating group) is 1. The molecule has 0 aliphatic heterocycles. The molecule has 0 saturated carbocycles. The first-order valence-electron chi connectivity index (χ1n) is 9.83. The third-order valence-electron chi connectivity index (χ3n) is 4.56. The minimum absolute atomic E-state index is 0. The standard InChI is InChI=1S/C22H30Cl2N2O2.2ClH/c1-4-26(5-2)13-12-25-15-17-8-7-9-21(27-6-3)22(17)28-16-18-10-11-19(23)14-20(18)24;;/h7-11,14,25H,4-6,12-13,15-16H2,1-3H3;2*1H. The summed E-state index contributed by atoms with van der Waals surface area (Å²) in [7, 11) is 0. The highest BCUT2D eigenvalue weighted by Gasteiger charge is 2.12. The van der Waals surface area contributed by atoms with E-state index in [9.17, 15) is 0 Å². The van der Waals surface area contributed by atoms with Crippen molar-refractivity contribution in [2.24, 2.45) is 0 Å². The summed E-state index contributed by atoms with van der Waals surface area (Å²) in [5.74, 6) is 1.50. The van der Waals surface area contributed by atoms with Crippen molar-refractivity contribution in [3.05, 3.63) is 57.6 Å². The van der Waals surface area contributed by atoms with Crippen molar-refractivity contribution in [2.45, 2.75) is 33.9 Å². The Morgan fingerprint density at radius 1 is 0.933 bits per heavy atom. The molecule has 2 aromatic carbocycles. The quantitative estimate of drug-likeness (QED) is 0.351. The number of ether oxygens (including phenoxy) is 2. The average molecular weight is 498 g/mol. The van der Waals surface area contributed by atoms with Gasteiger partial charge in [0.1, 0.15) is 6.61 Å². The lowest BCUT2D eigenvalue weighted by Gasteiger charge is -2.19. The number of nitrogens with one attached hydrogen (secondary N) is 1. The van der Waals surface area contributed by atoms with Gasteiger partial charge in [0.25, 0.3) is 0 Å². The molecule has 0 radical (unpaired) electrons. The maximum absolute atomic E-state index is 6.28. The summed E-state index contributed by atoms with van der Waals surface area (Å²) in [5, 5.41) is 4.72. The van der Waals surface area contributed by atoms with Crippen LogP contribution in [0.2, 0.25) is 10.0 Å². The van der Waals surface area contributed by atoms with Gasteiger partial charge in [-0.25, -0.2) is 0 Å². The Hall–Kier alpha value is -0.880. The lowest BCUT2D eigenvalue weighted by molar-refractivity contribution is 0.265. The van der Waals surface area contributed by atoms with Gasteiger partial charge >= 0.3 is 0 Å². The summed E-state index contributed by atoms with van der Waals surface area (Å²) < 4.78 is 11.9. The van der Waals surface area contributed by atoms with Crippen molar-refractivity contribution >= 4 is 48.0 Å². The number of hydrogen-bond donors (Lipinski definition) is 1. The smallest absolute Gasteiger partial charge is 0.166 e. The molecule has 0 atom stereocenters. The highest BCUT2D eigenvalue weighted by atomic mass is 35.5. The fourth-order valence-electron chi connectivity index (χ4n) is 2.92. The Bertz CT molecular complexity index is 743. The van der Waals surface area contributed by atoms with E-state index < -0.39 is 0 Å². The average Bonchev–Trinajstić information content (AvgIpc) is 2.69. The largest absolute Gasteiger partial charge is 0.490 e.